The van der Waals surface area contributed by atoms with Crippen LogP contribution in [-0.4, -0.2) is 36.2 Å². The predicted octanol–water partition coefficient (Wildman–Crippen LogP) is 1.56. The van der Waals surface area contributed by atoms with Crippen LogP contribution in [0.3, 0.4) is 0 Å². The highest BCUT2D eigenvalue weighted by atomic mass is 16.5. The Labute approximate surface area is 108 Å². The Morgan fingerprint density at radius 3 is 2.56 bits per heavy atom. The fourth-order valence-corrected chi connectivity index (χ4v) is 2.40. The number of ether oxygens (including phenoxy) is 1. The summed E-state index contributed by atoms with van der Waals surface area (Å²) >= 11 is 0. The van der Waals surface area contributed by atoms with Crippen LogP contribution in [0.1, 0.15) is 45.4 Å². The van der Waals surface area contributed by atoms with Gasteiger partial charge in [0, 0.05) is 13.0 Å². The molecule has 0 aromatic carbocycles. The van der Waals surface area contributed by atoms with Gasteiger partial charge in [-0.1, -0.05) is 19.3 Å². The van der Waals surface area contributed by atoms with Crippen molar-refractivity contribution in [3.8, 4) is 0 Å². The molecule has 5 heteroatoms. The van der Waals surface area contributed by atoms with E-state index in [0.717, 1.165) is 25.7 Å². The lowest BCUT2D eigenvalue weighted by Crippen LogP contribution is -2.46. The zero-order valence-corrected chi connectivity index (χ0v) is 11.0. The van der Waals surface area contributed by atoms with Crippen molar-refractivity contribution >= 4 is 11.9 Å². The molecule has 0 heterocycles. The van der Waals surface area contributed by atoms with E-state index in [0.29, 0.717) is 13.2 Å². The maximum Gasteiger partial charge on any atom is 0.326 e. The first-order valence-corrected chi connectivity index (χ1v) is 6.75. The topological polar surface area (TPSA) is 75.6 Å². The molecule has 18 heavy (non-hydrogen) atoms. The van der Waals surface area contributed by atoms with Crippen LogP contribution < -0.4 is 5.32 Å². The first kappa shape index (κ1) is 15.0. The van der Waals surface area contributed by atoms with Crippen LogP contribution in [0.15, 0.2) is 0 Å². The standard InChI is InChI=1S/C13H23NO4/c1-2-18-9-8-11(15)14-12(13(16)17)10-6-4-3-5-7-10/h10,12H,2-9H2,1H3,(H,14,15)(H,16,17). The number of carboxylic acids is 1. The van der Waals surface area contributed by atoms with Crippen LogP contribution in [0.4, 0.5) is 0 Å². The number of hydrogen-bond acceptors (Lipinski definition) is 3. The molecule has 2 N–H and O–H groups in total. The van der Waals surface area contributed by atoms with Crippen molar-refractivity contribution in [2.45, 2.75) is 51.5 Å². The lowest BCUT2D eigenvalue weighted by molar-refractivity contribution is -0.144. The van der Waals surface area contributed by atoms with Crippen LogP contribution in [0.2, 0.25) is 0 Å². The number of carbonyl (C=O) groups is 2. The van der Waals surface area contributed by atoms with Gasteiger partial charge in [0.1, 0.15) is 6.04 Å². The Hall–Kier alpha value is -1.10. The zero-order valence-electron chi connectivity index (χ0n) is 11.0. The molecule has 1 atom stereocenters. The van der Waals surface area contributed by atoms with Gasteiger partial charge in [0.15, 0.2) is 0 Å². The molecule has 0 radical (unpaired) electrons. The number of rotatable bonds is 7. The van der Waals surface area contributed by atoms with Crippen LogP contribution in [0, 0.1) is 5.92 Å². The SMILES string of the molecule is CCOCCC(=O)NC(C(=O)O)C1CCCCC1. The van der Waals surface area contributed by atoms with Crippen molar-refractivity contribution in [1.29, 1.82) is 0 Å². The van der Waals surface area contributed by atoms with Crippen molar-refractivity contribution in [1.82, 2.24) is 5.32 Å². The number of nitrogens with one attached hydrogen (secondary N) is 1. The van der Waals surface area contributed by atoms with E-state index in [1.54, 1.807) is 0 Å². The van der Waals surface area contributed by atoms with Gasteiger partial charge >= 0.3 is 5.97 Å². The highest BCUT2D eigenvalue weighted by Gasteiger charge is 2.30. The smallest absolute Gasteiger partial charge is 0.326 e. The molecule has 1 amide bonds. The highest BCUT2D eigenvalue weighted by Crippen LogP contribution is 2.26. The van der Waals surface area contributed by atoms with Crippen LogP contribution in [0.5, 0.6) is 0 Å². The Bertz CT molecular complexity index is 274. The molecule has 0 aliphatic heterocycles. The van der Waals surface area contributed by atoms with Gasteiger partial charge in [-0.3, -0.25) is 4.79 Å². The zero-order chi connectivity index (χ0) is 13.4. The third kappa shape index (κ3) is 5.04. The largest absolute Gasteiger partial charge is 0.480 e. The molecule has 0 spiro atoms. The Balaban J connectivity index is 2.41. The van der Waals surface area contributed by atoms with Gasteiger partial charge in [-0.25, -0.2) is 4.79 Å². The van der Waals surface area contributed by atoms with Gasteiger partial charge < -0.3 is 15.2 Å². The summed E-state index contributed by atoms with van der Waals surface area (Å²) in [5.74, 6) is -1.08. The maximum atomic E-state index is 11.6. The van der Waals surface area contributed by atoms with Crippen molar-refractivity contribution in [2.24, 2.45) is 5.92 Å². The van der Waals surface area contributed by atoms with E-state index in [2.05, 4.69) is 5.32 Å². The summed E-state index contributed by atoms with van der Waals surface area (Å²) in [4.78, 5) is 22.8. The second kappa shape index (κ2) is 8.08. The molecule has 0 aromatic rings. The van der Waals surface area contributed by atoms with E-state index in [1.807, 2.05) is 6.92 Å². The van der Waals surface area contributed by atoms with Gasteiger partial charge in [-0.2, -0.15) is 0 Å². The first-order valence-electron chi connectivity index (χ1n) is 6.75. The van der Waals surface area contributed by atoms with Crippen molar-refractivity contribution in [3.63, 3.8) is 0 Å². The van der Waals surface area contributed by atoms with Crippen LogP contribution >= 0.6 is 0 Å². The summed E-state index contributed by atoms with van der Waals surface area (Å²) in [7, 11) is 0. The predicted molar refractivity (Wildman–Crippen MR) is 67.3 cm³/mol. The molecule has 0 saturated heterocycles. The van der Waals surface area contributed by atoms with E-state index in [9.17, 15) is 14.7 Å². The Kier molecular flexibility index (Phi) is 6.72. The number of aliphatic carboxylic acids is 1. The van der Waals surface area contributed by atoms with Crippen molar-refractivity contribution in [2.75, 3.05) is 13.2 Å². The minimum atomic E-state index is -0.924. The molecule has 5 nitrogen and oxygen atoms in total. The molecule has 1 fully saturated rings. The van der Waals surface area contributed by atoms with Gasteiger partial charge in [0.2, 0.25) is 5.91 Å². The van der Waals surface area contributed by atoms with Gasteiger partial charge in [-0.05, 0) is 25.7 Å². The minimum absolute atomic E-state index is 0.0762. The monoisotopic (exact) mass is 257 g/mol. The molecule has 1 rings (SSSR count). The maximum absolute atomic E-state index is 11.6. The van der Waals surface area contributed by atoms with Crippen LogP contribution in [-0.2, 0) is 14.3 Å². The lowest BCUT2D eigenvalue weighted by atomic mass is 9.84. The second-order valence-electron chi connectivity index (χ2n) is 4.73. The Morgan fingerprint density at radius 2 is 2.00 bits per heavy atom. The van der Waals surface area contributed by atoms with E-state index < -0.39 is 12.0 Å². The molecular weight excluding hydrogens is 234 g/mol. The molecule has 1 saturated carbocycles. The summed E-state index contributed by atoms with van der Waals surface area (Å²) in [5.41, 5.74) is 0. The molecule has 104 valence electrons. The molecular formula is C13H23NO4. The fourth-order valence-electron chi connectivity index (χ4n) is 2.40. The molecule has 1 aliphatic rings. The fraction of sp³-hybridized carbons (Fsp3) is 0.846. The van der Waals surface area contributed by atoms with E-state index in [1.165, 1.54) is 6.42 Å². The minimum Gasteiger partial charge on any atom is -0.480 e. The third-order valence-electron chi connectivity index (χ3n) is 3.38. The number of hydrogen-bond donors (Lipinski definition) is 2. The number of carbonyl (C=O) groups excluding carboxylic acids is 1. The third-order valence-corrected chi connectivity index (χ3v) is 3.38. The van der Waals surface area contributed by atoms with Crippen LogP contribution in [0.25, 0.3) is 0 Å². The van der Waals surface area contributed by atoms with E-state index >= 15 is 0 Å². The molecule has 0 aromatic heterocycles. The molecule has 1 unspecified atom stereocenters. The van der Waals surface area contributed by atoms with E-state index in [-0.39, 0.29) is 18.2 Å². The van der Waals surface area contributed by atoms with Crippen molar-refractivity contribution < 1.29 is 19.4 Å². The average molecular weight is 257 g/mol. The summed E-state index contributed by atoms with van der Waals surface area (Å²) in [5, 5.41) is 11.8. The normalized spacial score (nSPS) is 18.3. The van der Waals surface area contributed by atoms with Gasteiger partial charge in [-0.15, -0.1) is 0 Å². The molecule has 1 aliphatic carbocycles. The first-order chi connectivity index (χ1) is 8.65. The quantitative estimate of drug-likeness (QED) is 0.679. The molecule has 0 bridgehead atoms. The van der Waals surface area contributed by atoms with Gasteiger partial charge in [0.05, 0.1) is 6.61 Å². The average Bonchev–Trinajstić information content (AvgIpc) is 2.37. The van der Waals surface area contributed by atoms with E-state index in [4.69, 9.17) is 4.74 Å². The Morgan fingerprint density at radius 1 is 1.33 bits per heavy atom. The van der Waals surface area contributed by atoms with Crippen molar-refractivity contribution in [3.05, 3.63) is 0 Å². The van der Waals surface area contributed by atoms with Gasteiger partial charge in [0.25, 0.3) is 0 Å². The number of carboxylic acid groups (broad SMARTS) is 1. The summed E-state index contributed by atoms with van der Waals surface area (Å²) < 4.78 is 5.08. The summed E-state index contributed by atoms with van der Waals surface area (Å²) in [6, 6.07) is -0.737. The summed E-state index contributed by atoms with van der Waals surface area (Å²) in [6.45, 7) is 2.78. The summed E-state index contributed by atoms with van der Waals surface area (Å²) in [6.07, 6.45) is 5.30. The number of amides is 1. The lowest BCUT2D eigenvalue weighted by Gasteiger charge is -2.28. The second-order valence-corrected chi connectivity index (χ2v) is 4.73. The highest BCUT2D eigenvalue weighted by molar-refractivity contribution is 5.83.